The molecule has 0 saturated carbocycles. The molecule has 1 aromatic heterocycles. The molecule has 2 atom stereocenters. The Morgan fingerprint density at radius 2 is 2.53 bits per heavy atom. The van der Waals surface area contributed by atoms with Crippen LogP contribution in [-0.2, 0) is 0 Å². The highest BCUT2D eigenvalue weighted by atomic mass is 32.1. The van der Waals surface area contributed by atoms with Gasteiger partial charge in [-0.3, -0.25) is 4.90 Å². The summed E-state index contributed by atoms with van der Waals surface area (Å²) in [6.45, 7) is 5.67. The summed E-state index contributed by atoms with van der Waals surface area (Å²) in [4.78, 5) is 7.02. The lowest BCUT2D eigenvalue weighted by molar-refractivity contribution is 0.234. The van der Waals surface area contributed by atoms with Gasteiger partial charge in [-0.2, -0.15) is 0 Å². The topological polar surface area (TPSA) is 28.2 Å². The maximum absolute atomic E-state index is 4.48. The normalized spacial score (nSPS) is 27.3. The van der Waals surface area contributed by atoms with Crippen molar-refractivity contribution < 1.29 is 0 Å². The SMILES string of the molecule is CCN1CCC(CNC)C1c1cscn1. The van der Waals surface area contributed by atoms with Crippen LogP contribution < -0.4 is 5.32 Å². The molecule has 0 radical (unpaired) electrons. The second-order valence-electron chi connectivity index (χ2n) is 4.09. The molecular formula is C11H19N3S. The summed E-state index contributed by atoms with van der Waals surface area (Å²) in [5, 5.41) is 5.49. The van der Waals surface area contributed by atoms with E-state index in [4.69, 9.17) is 0 Å². The first-order valence-electron chi connectivity index (χ1n) is 5.63. The molecule has 15 heavy (non-hydrogen) atoms. The van der Waals surface area contributed by atoms with Crippen molar-refractivity contribution in [1.82, 2.24) is 15.2 Å². The van der Waals surface area contributed by atoms with E-state index in [0.717, 1.165) is 19.0 Å². The zero-order valence-corrected chi connectivity index (χ0v) is 10.3. The number of nitrogens with zero attached hydrogens (tertiary/aromatic N) is 2. The predicted octanol–water partition coefficient (Wildman–Crippen LogP) is 1.75. The maximum Gasteiger partial charge on any atom is 0.0795 e. The molecule has 1 aliphatic heterocycles. The number of likely N-dealkylation sites (tertiary alicyclic amines) is 1. The molecular weight excluding hydrogens is 206 g/mol. The number of aromatic nitrogens is 1. The first-order chi connectivity index (χ1) is 7.36. The summed E-state index contributed by atoms with van der Waals surface area (Å²) in [7, 11) is 2.03. The Morgan fingerprint density at radius 3 is 3.13 bits per heavy atom. The molecule has 4 heteroatoms. The molecule has 1 saturated heterocycles. The average Bonchev–Trinajstić information content (AvgIpc) is 2.85. The van der Waals surface area contributed by atoms with Gasteiger partial charge < -0.3 is 5.32 Å². The number of hydrogen-bond acceptors (Lipinski definition) is 4. The van der Waals surface area contributed by atoms with Crippen molar-refractivity contribution in [2.24, 2.45) is 5.92 Å². The molecule has 0 bridgehead atoms. The van der Waals surface area contributed by atoms with E-state index in [2.05, 4.69) is 27.5 Å². The lowest BCUT2D eigenvalue weighted by Crippen LogP contribution is -2.29. The second kappa shape index (κ2) is 5.05. The minimum Gasteiger partial charge on any atom is -0.319 e. The Bertz CT molecular complexity index is 286. The Balaban J connectivity index is 2.15. The van der Waals surface area contributed by atoms with Gasteiger partial charge in [-0.25, -0.2) is 4.98 Å². The zero-order chi connectivity index (χ0) is 10.7. The van der Waals surface area contributed by atoms with Crippen molar-refractivity contribution in [3.8, 4) is 0 Å². The molecule has 3 nitrogen and oxygen atoms in total. The van der Waals surface area contributed by atoms with Gasteiger partial charge >= 0.3 is 0 Å². The molecule has 1 fully saturated rings. The van der Waals surface area contributed by atoms with Crippen LogP contribution >= 0.6 is 11.3 Å². The van der Waals surface area contributed by atoms with Crippen molar-refractivity contribution in [2.75, 3.05) is 26.7 Å². The fourth-order valence-electron chi connectivity index (χ4n) is 2.55. The van der Waals surface area contributed by atoms with Crippen molar-refractivity contribution >= 4 is 11.3 Å². The Hall–Kier alpha value is -0.450. The van der Waals surface area contributed by atoms with Crippen molar-refractivity contribution in [1.29, 1.82) is 0 Å². The van der Waals surface area contributed by atoms with E-state index in [9.17, 15) is 0 Å². The van der Waals surface area contributed by atoms with E-state index in [0.29, 0.717) is 6.04 Å². The van der Waals surface area contributed by atoms with Crippen LogP contribution in [0.3, 0.4) is 0 Å². The van der Waals surface area contributed by atoms with Gasteiger partial charge in [-0.1, -0.05) is 6.92 Å². The number of hydrogen-bond donors (Lipinski definition) is 1. The molecule has 1 aliphatic rings. The van der Waals surface area contributed by atoms with Crippen LogP contribution in [0, 0.1) is 5.92 Å². The predicted molar refractivity (Wildman–Crippen MR) is 64.1 cm³/mol. The van der Waals surface area contributed by atoms with E-state index < -0.39 is 0 Å². The summed E-state index contributed by atoms with van der Waals surface area (Å²) < 4.78 is 0. The number of rotatable bonds is 4. The lowest BCUT2D eigenvalue weighted by atomic mass is 9.98. The lowest BCUT2D eigenvalue weighted by Gasteiger charge is -2.25. The number of thiazole rings is 1. The van der Waals surface area contributed by atoms with Gasteiger partial charge in [0.2, 0.25) is 0 Å². The van der Waals surface area contributed by atoms with E-state index in [-0.39, 0.29) is 0 Å². The van der Waals surface area contributed by atoms with Crippen molar-refractivity contribution in [3.63, 3.8) is 0 Å². The third-order valence-electron chi connectivity index (χ3n) is 3.25. The van der Waals surface area contributed by atoms with Gasteiger partial charge in [-0.05, 0) is 39.0 Å². The van der Waals surface area contributed by atoms with Crippen LogP contribution in [0.2, 0.25) is 0 Å². The summed E-state index contributed by atoms with van der Waals surface area (Å²) in [5.41, 5.74) is 3.21. The first kappa shape index (κ1) is 11.0. The largest absolute Gasteiger partial charge is 0.319 e. The van der Waals surface area contributed by atoms with Crippen molar-refractivity contribution in [3.05, 3.63) is 16.6 Å². The highest BCUT2D eigenvalue weighted by Gasteiger charge is 2.34. The van der Waals surface area contributed by atoms with E-state index in [1.54, 1.807) is 11.3 Å². The Morgan fingerprint density at radius 1 is 1.67 bits per heavy atom. The highest BCUT2D eigenvalue weighted by molar-refractivity contribution is 7.07. The van der Waals surface area contributed by atoms with Gasteiger partial charge in [0.1, 0.15) is 0 Å². The molecule has 1 aromatic rings. The van der Waals surface area contributed by atoms with Gasteiger partial charge in [0.15, 0.2) is 0 Å². The minimum atomic E-state index is 0.536. The molecule has 2 unspecified atom stereocenters. The molecule has 2 rings (SSSR count). The highest BCUT2D eigenvalue weighted by Crippen LogP contribution is 2.36. The fraction of sp³-hybridized carbons (Fsp3) is 0.727. The molecule has 1 N–H and O–H groups in total. The standard InChI is InChI=1S/C11H19N3S/c1-3-14-5-4-9(6-12-2)11(14)10-7-15-8-13-10/h7-9,11-12H,3-6H2,1-2H3. The molecule has 2 heterocycles. The smallest absolute Gasteiger partial charge is 0.0795 e. The third-order valence-corrected chi connectivity index (χ3v) is 3.86. The van der Waals surface area contributed by atoms with Crippen LogP contribution in [0.15, 0.2) is 10.9 Å². The Kier molecular flexibility index (Phi) is 3.72. The van der Waals surface area contributed by atoms with Crippen LogP contribution in [0.5, 0.6) is 0 Å². The first-order valence-corrected chi connectivity index (χ1v) is 6.57. The van der Waals surface area contributed by atoms with Gasteiger partial charge in [-0.15, -0.1) is 11.3 Å². The molecule has 0 spiro atoms. The van der Waals surface area contributed by atoms with Crippen molar-refractivity contribution in [2.45, 2.75) is 19.4 Å². The summed E-state index contributed by atoms with van der Waals surface area (Å²) in [5.74, 6) is 0.719. The minimum absolute atomic E-state index is 0.536. The quantitative estimate of drug-likeness (QED) is 0.846. The Labute approximate surface area is 95.5 Å². The summed E-state index contributed by atoms with van der Waals surface area (Å²) in [6.07, 6.45) is 1.29. The second-order valence-corrected chi connectivity index (χ2v) is 4.81. The zero-order valence-electron chi connectivity index (χ0n) is 9.44. The van der Waals surface area contributed by atoms with Crippen LogP contribution in [0.4, 0.5) is 0 Å². The van der Waals surface area contributed by atoms with E-state index in [1.165, 1.54) is 18.7 Å². The monoisotopic (exact) mass is 225 g/mol. The number of nitrogens with one attached hydrogen (secondary N) is 1. The summed E-state index contributed by atoms with van der Waals surface area (Å²) >= 11 is 1.70. The molecule has 0 aliphatic carbocycles. The maximum atomic E-state index is 4.48. The fourth-order valence-corrected chi connectivity index (χ4v) is 3.14. The van der Waals surface area contributed by atoms with Crippen LogP contribution in [0.25, 0.3) is 0 Å². The molecule has 84 valence electrons. The van der Waals surface area contributed by atoms with Gasteiger partial charge in [0.05, 0.1) is 17.2 Å². The molecule has 0 aromatic carbocycles. The van der Waals surface area contributed by atoms with Crippen LogP contribution in [-0.4, -0.2) is 36.6 Å². The third kappa shape index (κ3) is 2.22. The van der Waals surface area contributed by atoms with Gasteiger partial charge in [0.25, 0.3) is 0 Å². The van der Waals surface area contributed by atoms with E-state index >= 15 is 0 Å². The average molecular weight is 225 g/mol. The van der Waals surface area contributed by atoms with Crippen LogP contribution in [0.1, 0.15) is 25.1 Å². The van der Waals surface area contributed by atoms with Gasteiger partial charge in [0, 0.05) is 5.38 Å². The molecule has 0 amide bonds. The summed E-state index contributed by atoms with van der Waals surface area (Å²) in [6, 6.07) is 0.536. The van der Waals surface area contributed by atoms with E-state index in [1.807, 2.05) is 12.6 Å².